The van der Waals surface area contributed by atoms with Crippen molar-refractivity contribution >= 4 is 5.97 Å². The zero-order valence-electron chi connectivity index (χ0n) is 11.9. The van der Waals surface area contributed by atoms with Gasteiger partial charge in [-0.15, -0.1) is 0 Å². The number of rotatable bonds is 5. The molecule has 2 aromatic rings. The van der Waals surface area contributed by atoms with Crippen LogP contribution < -0.4 is 14.2 Å². The number of benzene rings is 1. The molecule has 1 fully saturated rings. The first-order chi connectivity index (χ1) is 10.2. The summed E-state index contributed by atoms with van der Waals surface area (Å²) < 4.78 is 21.0. The topological polar surface area (TPSA) is 57.9 Å². The molecule has 1 aromatic heterocycles. The smallest absolute Gasteiger partial charge is 0.315 e. The van der Waals surface area contributed by atoms with Crippen LogP contribution in [0.4, 0.5) is 0 Å². The molecule has 1 heterocycles. The lowest BCUT2D eigenvalue weighted by atomic mass is 10.2. The molecule has 0 bridgehead atoms. The number of esters is 1. The fourth-order valence-electron chi connectivity index (χ4n) is 2.34. The Kier molecular flexibility index (Phi) is 3.56. The summed E-state index contributed by atoms with van der Waals surface area (Å²) in [4.78, 5) is 12.1. The largest absolute Gasteiger partial charge is 0.493 e. The molecule has 21 heavy (non-hydrogen) atoms. The summed E-state index contributed by atoms with van der Waals surface area (Å²) in [6.07, 6.45) is 2.38. The molecule has 3 rings (SSSR count). The van der Waals surface area contributed by atoms with Crippen LogP contribution in [0.5, 0.6) is 17.2 Å². The maximum atomic E-state index is 12.1. The molecule has 5 heteroatoms. The van der Waals surface area contributed by atoms with Crippen LogP contribution in [0.15, 0.2) is 41.0 Å². The minimum atomic E-state index is -0.247. The number of carbonyl (C=O) groups is 1. The molecule has 0 unspecified atom stereocenters. The van der Waals surface area contributed by atoms with Crippen molar-refractivity contribution in [3.8, 4) is 17.2 Å². The van der Waals surface area contributed by atoms with E-state index in [0.717, 1.165) is 12.2 Å². The van der Waals surface area contributed by atoms with Crippen molar-refractivity contribution < 1.29 is 23.4 Å². The summed E-state index contributed by atoms with van der Waals surface area (Å²) in [6, 6.07) is 8.74. The van der Waals surface area contributed by atoms with Gasteiger partial charge in [0.1, 0.15) is 11.5 Å². The normalized spacial score (nSPS) is 19.9. The molecular formula is C16H16O5. The monoisotopic (exact) mass is 288 g/mol. The lowest BCUT2D eigenvalue weighted by Gasteiger charge is -2.09. The van der Waals surface area contributed by atoms with E-state index >= 15 is 0 Å². The molecule has 1 aliphatic carbocycles. The highest BCUT2D eigenvalue weighted by Crippen LogP contribution is 2.48. The van der Waals surface area contributed by atoms with Gasteiger partial charge in [-0.1, -0.05) is 0 Å². The Morgan fingerprint density at radius 1 is 1.19 bits per heavy atom. The first-order valence-electron chi connectivity index (χ1n) is 6.70. The standard InChI is InChI=1S/C16H16O5/c1-18-14-6-5-10(8-15(14)19-2)21-16(17)12-9-11(12)13-4-3-7-20-13/h3-8,11-12H,9H2,1-2H3/t11-,12+/m1/s1. The molecule has 0 aliphatic heterocycles. The third kappa shape index (κ3) is 2.72. The molecule has 0 N–H and O–H groups in total. The van der Waals surface area contributed by atoms with E-state index in [-0.39, 0.29) is 17.8 Å². The van der Waals surface area contributed by atoms with Crippen LogP contribution in [0.1, 0.15) is 18.1 Å². The van der Waals surface area contributed by atoms with Gasteiger partial charge in [0, 0.05) is 12.0 Å². The molecule has 1 saturated carbocycles. The summed E-state index contributed by atoms with van der Waals surface area (Å²) in [7, 11) is 3.10. The molecule has 1 aromatic carbocycles. The fraction of sp³-hybridized carbons (Fsp3) is 0.312. The van der Waals surface area contributed by atoms with Crippen molar-refractivity contribution in [3.05, 3.63) is 42.4 Å². The first kappa shape index (κ1) is 13.5. The van der Waals surface area contributed by atoms with Crippen molar-refractivity contribution in [3.63, 3.8) is 0 Å². The second kappa shape index (κ2) is 5.52. The van der Waals surface area contributed by atoms with Crippen molar-refractivity contribution in [1.82, 2.24) is 0 Å². The quantitative estimate of drug-likeness (QED) is 0.625. The van der Waals surface area contributed by atoms with Gasteiger partial charge < -0.3 is 18.6 Å². The maximum absolute atomic E-state index is 12.1. The van der Waals surface area contributed by atoms with Gasteiger partial charge in [-0.3, -0.25) is 4.79 Å². The van der Waals surface area contributed by atoms with Gasteiger partial charge in [-0.05, 0) is 30.7 Å². The summed E-state index contributed by atoms with van der Waals surface area (Å²) in [5.74, 6) is 2.16. The maximum Gasteiger partial charge on any atom is 0.315 e. The summed E-state index contributed by atoms with van der Waals surface area (Å²) in [6.45, 7) is 0. The minimum absolute atomic E-state index is 0.132. The van der Waals surface area contributed by atoms with E-state index in [9.17, 15) is 4.79 Å². The van der Waals surface area contributed by atoms with Crippen molar-refractivity contribution in [2.24, 2.45) is 5.92 Å². The first-order valence-corrected chi connectivity index (χ1v) is 6.70. The summed E-state index contributed by atoms with van der Waals surface area (Å²) in [5.41, 5.74) is 0. The second-order valence-corrected chi connectivity index (χ2v) is 4.90. The van der Waals surface area contributed by atoms with Crippen LogP contribution in [0.2, 0.25) is 0 Å². The average Bonchev–Trinajstić information content (AvgIpc) is 3.13. The zero-order chi connectivity index (χ0) is 14.8. The van der Waals surface area contributed by atoms with Gasteiger partial charge in [0.25, 0.3) is 0 Å². The second-order valence-electron chi connectivity index (χ2n) is 4.90. The van der Waals surface area contributed by atoms with Crippen LogP contribution in [0.3, 0.4) is 0 Å². The lowest BCUT2D eigenvalue weighted by Crippen LogP contribution is -2.11. The average molecular weight is 288 g/mol. The minimum Gasteiger partial charge on any atom is -0.493 e. The number of hydrogen-bond acceptors (Lipinski definition) is 5. The summed E-state index contributed by atoms with van der Waals surface area (Å²) in [5, 5.41) is 0. The van der Waals surface area contributed by atoms with E-state index in [0.29, 0.717) is 17.2 Å². The summed E-state index contributed by atoms with van der Waals surface area (Å²) >= 11 is 0. The Morgan fingerprint density at radius 2 is 2.00 bits per heavy atom. The van der Waals surface area contributed by atoms with Gasteiger partial charge >= 0.3 is 5.97 Å². The molecule has 0 saturated heterocycles. The highest BCUT2D eigenvalue weighted by atomic mass is 16.5. The number of hydrogen-bond donors (Lipinski definition) is 0. The Balaban J connectivity index is 1.66. The van der Waals surface area contributed by atoms with Crippen molar-refractivity contribution in [1.29, 1.82) is 0 Å². The van der Waals surface area contributed by atoms with E-state index < -0.39 is 0 Å². The van der Waals surface area contributed by atoms with Crippen molar-refractivity contribution in [2.45, 2.75) is 12.3 Å². The van der Waals surface area contributed by atoms with Gasteiger partial charge in [-0.25, -0.2) is 0 Å². The molecular weight excluding hydrogens is 272 g/mol. The van der Waals surface area contributed by atoms with Gasteiger partial charge in [0.2, 0.25) is 0 Å². The van der Waals surface area contributed by atoms with E-state index in [1.165, 1.54) is 7.11 Å². The van der Waals surface area contributed by atoms with Gasteiger partial charge in [0.15, 0.2) is 11.5 Å². The Bertz CT molecular complexity index is 632. The molecule has 2 atom stereocenters. The molecule has 0 spiro atoms. The SMILES string of the molecule is COc1ccc(OC(=O)[C@H]2C[C@H]2c2ccco2)cc1OC. The third-order valence-corrected chi connectivity index (χ3v) is 3.58. The van der Waals surface area contributed by atoms with Crippen LogP contribution in [-0.4, -0.2) is 20.2 Å². The number of carbonyl (C=O) groups excluding carboxylic acids is 1. The highest BCUT2D eigenvalue weighted by Gasteiger charge is 2.47. The number of methoxy groups -OCH3 is 2. The lowest BCUT2D eigenvalue weighted by molar-refractivity contribution is -0.136. The molecule has 0 amide bonds. The van der Waals surface area contributed by atoms with Gasteiger partial charge in [-0.2, -0.15) is 0 Å². The predicted octanol–water partition coefficient (Wildman–Crippen LogP) is 3.01. The molecule has 5 nitrogen and oxygen atoms in total. The zero-order valence-corrected chi connectivity index (χ0v) is 11.9. The molecule has 110 valence electrons. The predicted molar refractivity (Wildman–Crippen MR) is 74.7 cm³/mol. The Hall–Kier alpha value is -2.43. The number of ether oxygens (including phenoxy) is 3. The Labute approximate surface area is 122 Å². The van der Waals surface area contributed by atoms with Crippen molar-refractivity contribution in [2.75, 3.05) is 14.2 Å². The molecule has 0 radical (unpaired) electrons. The number of furan rings is 1. The van der Waals surface area contributed by atoms with E-state index in [2.05, 4.69) is 0 Å². The van der Waals surface area contributed by atoms with Gasteiger partial charge in [0.05, 0.1) is 26.4 Å². The van der Waals surface area contributed by atoms with E-state index in [4.69, 9.17) is 18.6 Å². The Morgan fingerprint density at radius 3 is 2.67 bits per heavy atom. The van der Waals surface area contributed by atoms with Crippen LogP contribution in [0.25, 0.3) is 0 Å². The van der Waals surface area contributed by atoms with Crippen LogP contribution >= 0.6 is 0 Å². The van der Waals surface area contributed by atoms with E-state index in [1.54, 1.807) is 31.6 Å². The van der Waals surface area contributed by atoms with Crippen LogP contribution in [0, 0.1) is 5.92 Å². The van der Waals surface area contributed by atoms with Crippen LogP contribution in [-0.2, 0) is 4.79 Å². The van der Waals surface area contributed by atoms with E-state index in [1.807, 2.05) is 12.1 Å². The highest BCUT2D eigenvalue weighted by molar-refractivity contribution is 5.79. The third-order valence-electron chi connectivity index (χ3n) is 3.58. The fourth-order valence-corrected chi connectivity index (χ4v) is 2.34. The molecule has 1 aliphatic rings.